The van der Waals surface area contributed by atoms with Gasteiger partial charge in [0.15, 0.2) is 0 Å². The molecule has 1 atom stereocenters. The van der Waals surface area contributed by atoms with Crippen LogP contribution in [0.5, 0.6) is 5.75 Å². The van der Waals surface area contributed by atoms with E-state index in [-0.39, 0.29) is 16.9 Å². The van der Waals surface area contributed by atoms with E-state index in [4.69, 9.17) is 0 Å². The molecular formula is C23H16F6N4O2. The Hall–Kier alpha value is -4.06. The van der Waals surface area contributed by atoms with Crippen molar-refractivity contribution in [3.8, 4) is 5.75 Å². The summed E-state index contributed by atoms with van der Waals surface area (Å²) in [4.78, 5) is 16.5. The molecule has 0 bridgehead atoms. The van der Waals surface area contributed by atoms with Crippen LogP contribution in [0.25, 0.3) is 5.70 Å². The summed E-state index contributed by atoms with van der Waals surface area (Å²) in [6.45, 7) is 0. The number of anilines is 2. The summed E-state index contributed by atoms with van der Waals surface area (Å²) in [5, 5.41) is 3.79. The largest absolute Gasteiger partial charge is 0.573 e. The van der Waals surface area contributed by atoms with Gasteiger partial charge in [0.05, 0.1) is 11.4 Å². The third kappa shape index (κ3) is 5.90. The maximum absolute atomic E-state index is 13.4. The number of pyridine rings is 1. The minimum atomic E-state index is -4.83. The fraction of sp³-hybridized carbons (Fsp3) is 0.130. The molecule has 0 aliphatic carbocycles. The highest BCUT2D eigenvalue weighted by molar-refractivity contribution is 6.04. The number of ether oxygens (including phenoxy) is 1. The Morgan fingerprint density at radius 1 is 0.971 bits per heavy atom. The van der Waals surface area contributed by atoms with Gasteiger partial charge < -0.3 is 10.1 Å². The number of nitrogens with zero attached hydrogens (tertiary/aromatic N) is 2. The quantitative estimate of drug-likeness (QED) is 0.457. The first-order valence-electron chi connectivity index (χ1n) is 10.0. The lowest BCUT2D eigenvalue weighted by Crippen LogP contribution is -2.44. The number of hydrogen-bond acceptors (Lipinski definition) is 5. The number of aromatic nitrogens is 1. The molecule has 1 unspecified atom stereocenters. The van der Waals surface area contributed by atoms with Gasteiger partial charge in [0.2, 0.25) is 0 Å². The Morgan fingerprint density at radius 2 is 1.66 bits per heavy atom. The van der Waals surface area contributed by atoms with E-state index >= 15 is 0 Å². The molecule has 182 valence electrons. The van der Waals surface area contributed by atoms with Crippen LogP contribution in [0.1, 0.15) is 15.9 Å². The van der Waals surface area contributed by atoms with Crippen molar-refractivity contribution in [2.24, 2.45) is 0 Å². The first kappa shape index (κ1) is 24.1. The Labute approximate surface area is 194 Å². The number of hydrazine groups is 1. The molecule has 1 aromatic heterocycles. The number of amides is 1. The standard InChI is InChI=1S/C23H16F6N4O2/c24-22(25,26)20-12-19(15-2-1-11-30-13-15)33(32-20)17-7-3-14(4-8-17)21(34)31-16-5-9-18(10-6-16)35-23(27,28)29/h1-13,20,32H,(H,31,34). The maximum Gasteiger partial charge on any atom is 0.573 e. The lowest BCUT2D eigenvalue weighted by molar-refractivity contribution is -0.274. The predicted molar refractivity (Wildman–Crippen MR) is 115 cm³/mol. The van der Waals surface area contributed by atoms with Crippen LogP contribution in [0.3, 0.4) is 0 Å². The highest BCUT2D eigenvalue weighted by atomic mass is 19.4. The molecule has 6 nitrogen and oxygen atoms in total. The van der Waals surface area contributed by atoms with Crippen molar-refractivity contribution in [2.45, 2.75) is 18.6 Å². The second-order valence-electron chi connectivity index (χ2n) is 7.35. The van der Waals surface area contributed by atoms with Crippen molar-refractivity contribution < 1.29 is 35.9 Å². The molecule has 1 aliphatic heterocycles. The van der Waals surface area contributed by atoms with Crippen LogP contribution >= 0.6 is 0 Å². The van der Waals surface area contributed by atoms with Gasteiger partial charge in [0, 0.05) is 29.2 Å². The minimum absolute atomic E-state index is 0.183. The molecule has 3 aromatic rings. The van der Waals surface area contributed by atoms with Crippen LogP contribution in [-0.2, 0) is 0 Å². The number of halogens is 6. The lowest BCUT2D eigenvalue weighted by Gasteiger charge is -2.25. The first-order valence-corrected chi connectivity index (χ1v) is 10.0. The maximum atomic E-state index is 13.4. The summed E-state index contributed by atoms with van der Waals surface area (Å²) < 4.78 is 80.6. The number of carbonyl (C=O) groups is 1. The van der Waals surface area contributed by atoms with Gasteiger partial charge in [0.1, 0.15) is 11.8 Å². The molecule has 0 saturated carbocycles. The Balaban J connectivity index is 1.49. The van der Waals surface area contributed by atoms with Gasteiger partial charge in [0.25, 0.3) is 5.91 Å². The molecule has 1 amide bonds. The fourth-order valence-electron chi connectivity index (χ4n) is 3.30. The van der Waals surface area contributed by atoms with E-state index < -0.39 is 30.2 Å². The second-order valence-corrected chi connectivity index (χ2v) is 7.35. The molecule has 0 saturated heterocycles. The van der Waals surface area contributed by atoms with Crippen LogP contribution in [0.15, 0.2) is 79.1 Å². The third-order valence-electron chi connectivity index (χ3n) is 4.88. The van der Waals surface area contributed by atoms with Crippen molar-refractivity contribution >= 4 is 23.0 Å². The van der Waals surface area contributed by atoms with Gasteiger partial charge >= 0.3 is 12.5 Å². The molecule has 2 heterocycles. The van der Waals surface area contributed by atoms with E-state index in [1.54, 1.807) is 12.1 Å². The van der Waals surface area contributed by atoms with E-state index in [1.165, 1.54) is 53.8 Å². The summed E-state index contributed by atoms with van der Waals surface area (Å²) in [7, 11) is 0. The van der Waals surface area contributed by atoms with Gasteiger partial charge in [-0.05, 0) is 66.7 Å². The normalized spacial score (nSPS) is 16.1. The molecule has 4 rings (SSSR count). The molecule has 0 radical (unpaired) electrons. The van der Waals surface area contributed by atoms with Crippen LogP contribution in [0, 0.1) is 0 Å². The van der Waals surface area contributed by atoms with E-state index in [0.717, 1.165) is 18.2 Å². The molecular weight excluding hydrogens is 478 g/mol. The van der Waals surface area contributed by atoms with Crippen LogP contribution < -0.4 is 20.5 Å². The summed E-state index contributed by atoms with van der Waals surface area (Å²) in [6, 6.07) is 11.6. The monoisotopic (exact) mass is 494 g/mol. The van der Waals surface area contributed by atoms with Gasteiger partial charge in [-0.3, -0.25) is 14.8 Å². The fourth-order valence-corrected chi connectivity index (χ4v) is 3.30. The Bertz CT molecular complexity index is 1210. The molecule has 0 fully saturated rings. The topological polar surface area (TPSA) is 66.5 Å². The Morgan fingerprint density at radius 3 is 2.23 bits per heavy atom. The molecule has 35 heavy (non-hydrogen) atoms. The predicted octanol–water partition coefficient (Wildman–Crippen LogP) is 5.53. The summed E-state index contributed by atoms with van der Waals surface area (Å²) in [5.41, 5.74) is 3.87. The third-order valence-corrected chi connectivity index (χ3v) is 4.88. The van der Waals surface area contributed by atoms with Gasteiger partial charge in [-0.2, -0.15) is 13.2 Å². The van der Waals surface area contributed by atoms with Crippen molar-refractivity contribution in [3.63, 3.8) is 0 Å². The van der Waals surface area contributed by atoms with E-state index in [0.29, 0.717) is 11.3 Å². The van der Waals surface area contributed by atoms with Crippen LogP contribution in [0.2, 0.25) is 0 Å². The molecule has 12 heteroatoms. The van der Waals surface area contributed by atoms with Crippen LogP contribution in [-0.4, -0.2) is 29.5 Å². The lowest BCUT2D eigenvalue weighted by atomic mass is 10.1. The Kier molecular flexibility index (Phi) is 6.39. The first-order chi connectivity index (χ1) is 16.5. The van der Waals surface area contributed by atoms with E-state index in [2.05, 4.69) is 20.5 Å². The number of nitrogens with one attached hydrogen (secondary N) is 2. The molecule has 2 aromatic carbocycles. The van der Waals surface area contributed by atoms with E-state index in [1.807, 2.05) is 0 Å². The zero-order valence-electron chi connectivity index (χ0n) is 17.6. The number of hydrogen-bond donors (Lipinski definition) is 2. The van der Waals surface area contributed by atoms with E-state index in [9.17, 15) is 31.1 Å². The van der Waals surface area contributed by atoms with Gasteiger partial charge in [-0.1, -0.05) is 0 Å². The molecule has 0 spiro atoms. The van der Waals surface area contributed by atoms with Crippen molar-refractivity contribution in [2.75, 3.05) is 10.3 Å². The number of benzene rings is 2. The summed E-state index contributed by atoms with van der Waals surface area (Å²) >= 11 is 0. The van der Waals surface area contributed by atoms with Crippen LogP contribution in [0.4, 0.5) is 37.7 Å². The van der Waals surface area contributed by atoms with Gasteiger partial charge in [-0.15, -0.1) is 13.2 Å². The highest BCUT2D eigenvalue weighted by Gasteiger charge is 2.43. The van der Waals surface area contributed by atoms with Crippen molar-refractivity contribution in [1.29, 1.82) is 0 Å². The zero-order chi connectivity index (χ0) is 25.2. The minimum Gasteiger partial charge on any atom is -0.406 e. The smallest absolute Gasteiger partial charge is 0.406 e. The molecule has 1 aliphatic rings. The molecule has 2 N–H and O–H groups in total. The number of carbonyl (C=O) groups excluding carboxylic acids is 1. The highest BCUT2D eigenvalue weighted by Crippen LogP contribution is 2.34. The van der Waals surface area contributed by atoms with Gasteiger partial charge in [-0.25, -0.2) is 5.43 Å². The average Bonchev–Trinajstić information content (AvgIpc) is 3.26. The summed E-state index contributed by atoms with van der Waals surface area (Å²) in [5.74, 6) is -1.00. The van der Waals surface area contributed by atoms with Crippen molar-refractivity contribution in [3.05, 3.63) is 90.3 Å². The summed E-state index contributed by atoms with van der Waals surface area (Å²) in [6.07, 6.45) is -5.37. The van der Waals surface area contributed by atoms with Crippen molar-refractivity contribution in [1.82, 2.24) is 10.4 Å². The SMILES string of the molecule is O=C(Nc1ccc(OC(F)(F)F)cc1)c1ccc(N2NC(C(F)(F)F)C=C2c2cccnc2)cc1. The number of alkyl halides is 6. The average molecular weight is 494 g/mol. The zero-order valence-corrected chi connectivity index (χ0v) is 17.6. The second kappa shape index (κ2) is 9.29. The number of rotatable bonds is 5.